The van der Waals surface area contributed by atoms with Crippen LogP contribution in [-0.2, 0) is 17.1 Å². The summed E-state index contributed by atoms with van der Waals surface area (Å²) in [6.07, 6.45) is 4.10. The van der Waals surface area contributed by atoms with Crippen LogP contribution in [0.3, 0.4) is 0 Å². The Morgan fingerprint density at radius 3 is 2.63 bits per heavy atom. The van der Waals surface area contributed by atoms with Crippen molar-refractivity contribution in [3.8, 4) is 0 Å². The summed E-state index contributed by atoms with van der Waals surface area (Å²) in [5.74, 6) is 0.574. The van der Waals surface area contributed by atoms with Crippen molar-refractivity contribution < 1.29 is 8.42 Å². The fourth-order valence-electron chi connectivity index (χ4n) is 2.66. The van der Waals surface area contributed by atoms with Gasteiger partial charge in [0.05, 0.1) is 0 Å². The van der Waals surface area contributed by atoms with E-state index in [2.05, 4.69) is 33.2 Å². The number of rotatable bonds is 3. The summed E-state index contributed by atoms with van der Waals surface area (Å²) in [5, 5.41) is 7.61. The number of hydrogen-bond acceptors (Lipinski definition) is 4. The summed E-state index contributed by atoms with van der Waals surface area (Å²) in [5.41, 5.74) is 0. The van der Waals surface area contributed by atoms with E-state index in [4.69, 9.17) is 0 Å². The SMILES string of the molecule is CC1CCCC(N(C)S(=O)(=O)c2c(Br)nnn2C)C1. The first-order valence-electron chi connectivity index (χ1n) is 6.37. The van der Waals surface area contributed by atoms with E-state index in [0.29, 0.717) is 5.92 Å². The third kappa shape index (κ3) is 2.85. The summed E-state index contributed by atoms with van der Waals surface area (Å²) < 4.78 is 28.3. The summed E-state index contributed by atoms with van der Waals surface area (Å²) >= 11 is 3.16. The van der Waals surface area contributed by atoms with Crippen molar-refractivity contribution >= 4 is 26.0 Å². The van der Waals surface area contributed by atoms with E-state index < -0.39 is 10.0 Å². The average molecular weight is 351 g/mol. The summed E-state index contributed by atoms with van der Waals surface area (Å²) in [6, 6.07) is 0.0653. The minimum absolute atomic E-state index is 0.0653. The molecule has 0 spiro atoms. The zero-order valence-corrected chi connectivity index (χ0v) is 13.8. The van der Waals surface area contributed by atoms with Crippen LogP contribution in [0.5, 0.6) is 0 Å². The van der Waals surface area contributed by atoms with Gasteiger partial charge in [-0.05, 0) is 34.7 Å². The van der Waals surface area contributed by atoms with E-state index >= 15 is 0 Å². The highest BCUT2D eigenvalue weighted by molar-refractivity contribution is 9.10. The van der Waals surface area contributed by atoms with Crippen molar-refractivity contribution in [3.05, 3.63) is 4.60 Å². The van der Waals surface area contributed by atoms with E-state index in [1.807, 2.05) is 0 Å². The number of sulfonamides is 1. The Kier molecular flexibility index (Phi) is 4.32. The zero-order chi connectivity index (χ0) is 14.2. The van der Waals surface area contributed by atoms with Gasteiger partial charge >= 0.3 is 0 Å². The van der Waals surface area contributed by atoms with Crippen LogP contribution in [0.2, 0.25) is 0 Å². The Hall–Kier alpha value is -0.470. The Labute approximate surface area is 122 Å². The molecule has 1 aliphatic rings. The topological polar surface area (TPSA) is 68.1 Å². The van der Waals surface area contributed by atoms with Crippen LogP contribution < -0.4 is 0 Å². The molecule has 0 aliphatic heterocycles. The van der Waals surface area contributed by atoms with Crippen molar-refractivity contribution in [2.45, 2.75) is 43.7 Å². The maximum atomic E-state index is 12.6. The first-order chi connectivity index (χ1) is 8.84. The molecule has 19 heavy (non-hydrogen) atoms. The molecule has 2 unspecified atom stereocenters. The Bertz CT molecular complexity index is 538. The molecule has 1 fully saturated rings. The van der Waals surface area contributed by atoms with Gasteiger partial charge in [-0.1, -0.05) is 25.0 Å². The maximum absolute atomic E-state index is 12.6. The Balaban J connectivity index is 2.29. The highest BCUT2D eigenvalue weighted by atomic mass is 79.9. The third-order valence-electron chi connectivity index (χ3n) is 3.78. The predicted octanol–water partition coefficient (Wildman–Crippen LogP) is 1.78. The fourth-order valence-corrected chi connectivity index (χ4v) is 5.08. The molecule has 6 nitrogen and oxygen atoms in total. The van der Waals surface area contributed by atoms with Gasteiger partial charge < -0.3 is 0 Å². The number of hydrogen-bond donors (Lipinski definition) is 0. The third-order valence-corrected chi connectivity index (χ3v) is 6.58. The smallest absolute Gasteiger partial charge is 0.235 e. The van der Waals surface area contributed by atoms with Crippen molar-refractivity contribution in [3.63, 3.8) is 0 Å². The first-order valence-corrected chi connectivity index (χ1v) is 8.60. The van der Waals surface area contributed by atoms with Crippen LogP contribution in [0.25, 0.3) is 0 Å². The van der Waals surface area contributed by atoms with Gasteiger partial charge in [-0.15, -0.1) is 5.10 Å². The average Bonchev–Trinajstić information content (AvgIpc) is 2.68. The number of aromatic nitrogens is 3. The molecule has 1 aromatic rings. The second kappa shape index (κ2) is 5.49. The van der Waals surface area contributed by atoms with E-state index in [1.165, 1.54) is 15.4 Å². The lowest BCUT2D eigenvalue weighted by molar-refractivity contribution is 0.238. The number of halogens is 1. The minimum atomic E-state index is -3.56. The van der Waals surface area contributed by atoms with Crippen molar-refractivity contribution in [1.82, 2.24) is 19.3 Å². The molecule has 0 aromatic carbocycles. The molecular weight excluding hydrogens is 332 g/mol. The highest BCUT2D eigenvalue weighted by Crippen LogP contribution is 2.31. The molecule has 0 N–H and O–H groups in total. The summed E-state index contributed by atoms with van der Waals surface area (Å²) in [7, 11) is -0.320. The second-order valence-corrected chi connectivity index (χ2v) is 7.92. The lowest BCUT2D eigenvalue weighted by Crippen LogP contribution is -2.40. The van der Waals surface area contributed by atoms with E-state index in [-0.39, 0.29) is 15.7 Å². The molecule has 0 radical (unpaired) electrons. The summed E-state index contributed by atoms with van der Waals surface area (Å²) in [6.45, 7) is 2.17. The van der Waals surface area contributed by atoms with Crippen LogP contribution in [0.1, 0.15) is 32.6 Å². The van der Waals surface area contributed by atoms with Crippen molar-refractivity contribution in [2.24, 2.45) is 13.0 Å². The van der Waals surface area contributed by atoms with Gasteiger partial charge in [0.1, 0.15) is 0 Å². The van der Waals surface area contributed by atoms with Gasteiger partial charge in [0.15, 0.2) is 4.60 Å². The normalized spacial score (nSPS) is 24.9. The molecule has 0 saturated heterocycles. The fraction of sp³-hybridized carbons (Fsp3) is 0.818. The van der Waals surface area contributed by atoms with E-state index in [0.717, 1.165) is 19.3 Å². The Morgan fingerprint density at radius 1 is 1.42 bits per heavy atom. The molecule has 1 aliphatic carbocycles. The highest BCUT2D eigenvalue weighted by Gasteiger charge is 2.34. The standard InChI is InChI=1S/C11H19BrN4O2S/c1-8-5-4-6-9(7-8)16(3)19(17,18)11-10(12)13-14-15(11)2/h8-9H,4-7H2,1-3H3. The molecule has 1 aromatic heterocycles. The van der Waals surface area contributed by atoms with Gasteiger partial charge in [-0.2, -0.15) is 4.31 Å². The monoisotopic (exact) mass is 350 g/mol. The van der Waals surface area contributed by atoms with Gasteiger partial charge in [0.25, 0.3) is 10.0 Å². The van der Waals surface area contributed by atoms with Crippen LogP contribution in [0, 0.1) is 5.92 Å². The zero-order valence-electron chi connectivity index (χ0n) is 11.4. The molecule has 1 saturated carbocycles. The molecule has 8 heteroatoms. The number of nitrogens with zero attached hydrogens (tertiary/aromatic N) is 4. The molecular formula is C11H19BrN4O2S. The molecule has 1 heterocycles. The maximum Gasteiger partial charge on any atom is 0.263 e. The van der Waals surface area contributed by atoms with Gasteiger partial charge in [0, 0.05) is 20.1 Å². The van der Waals surface area contributed by atoms with Crippen LogP contribution >= 0.6 is 15.9 Å². The van der Waals surface area contributed by atoms with E-state index in [1.54, 1.807) is 14.1 Å². The second-order valence-electron chi connectivity index (χ2n) is 5.26. The molecule has 0 amide bonds. The van der Waals surface area contributed by atoms with E-state index in [9.17, 15) is 8.42 Å². The summed E-state index contributed by atoms with van der Waals surface area (Å²) in [4.78, 5) is 0. The quantitative estimate of drug-likeness (QED) is 0.833. The van der Waals surface area contributed by atoms with Gasteiger partial charge in [-0.3, -0.25) is 0 Å². The van der Waals surface area contributed by atoms with Crippen molar-refractivity contribution in [2.75, 3.05) is 7.05 Å². The van der Waals surface area contributed by atoms with Gasteiger partial charge in [0.2, 0.25) is 5.03 Å². The molecule has 108 valence electrons. The van der Waals surface area contributed by atoms with Crippen molar-refractivity contribution in [1.29, 1.82) is 0 Å². The first kappa shape index (κ1) is 14.9. The molecule has 2 rings (SSSR count). The Morgan fingerprint density at radius 2 is 2.11 bits per heavy atom. The van der Waals surface area contributed by atoms with Gasteiger partial charge in [-0.25, -0.2) is 13.1 Å². The minimum Gasteiger partial charge on any atom is -0.235 e. The molecule has 2 atom stereocenters. The molecule has 0 bridgehead atoms. The van der Waals surface area contributed by atoms with Crippen LogP contribution in [0.4, 0.5) is 0 Å². The van der Waals surface area contributed by atoms with Crippen LogP contribution in [0.15, 0.2) is 9.63 Å². The predicted molar refractivity (Wildman–Crippen MR) is 75.1 cm³/mol. The largest absolute Gasteiger partial charge is 0.263 e. The lowest BCUT2D eigenvalue weighted by Gasteiger charge is -2.33. The number of aryl methyl sites for hydroxylation is 1. The lowest BCUT2D eigenvalue weighted by atomic mass is 9.87. The van der Waals surface area contributed by atoms with Crippen LogP contribution in [-0.4, -0.2) is 40.8 Å².